The molecule has 0 aliphatic carbocycles. The molecule has 0 fully saturated rings. The average Bonchev–Trinajstić information content (AvgIpc) is 2.35. The number of carbonyl (C=O) groups is 1. The van der Waals surface area contributed by atoms with Gasteiger partial charge >= 0.3 is 0 Å². The number of dihydropyridines is 1. The van der Waals surface area contributed by atoms with Gasteiger partial charge in [-0.3, -0.25) is 4.79 Å². The topological polar surface area (TPSA) is 64.7 Å². The molecule has 1 aromatic rings. The van der Waals surface area contributed by atoms with Gasteiger partial charge in [0.15, 0.2) is 11.5 Å². The van der Waals surface area contributed by atoms with Crippen molar-refractivity contribution in [1.29, 1.82) is 0 Å². The Kier molecular flexibility index (Phi) is 4.35. The molecule has 1 aliphatic rings. The maximum atomic E-state index is 11.7. The number of nitrogen functional groups attached to an aromatic ring is 1. The van der Waals surface area contributed by atoms with E-state index in [1.807, 2.05) is 13.8 Å². The number of benzene rings is 1. The van der Waals surface area contributed by atoms with E-state index in [0.717, 1.165) is 0 Å². The minimum Gasteiger partial charge on any atom is -0.436 e. The fourth-order valence-corrected chi connectivity index (χ4v) is 2.41. The highest BCUT2D eigenvalue weighted by Crippen LogP contribution is 2.35. The lowest BCUT2D eigenvalue weighted by atomic mass is 9.97. The molecule has 0 atom stereocenters. The number of carbonyl (C=O) groups excluding carboxylic acids is 1. The number of aliphatic imine (C=N–C) groups is 1. The third-order valence-corrected chi connectivity index (χ3v) is 3.39. The van der Waals surface area contributed by atoms with E-state index in [1.165, 1.54) is 0 Å². The van der Waals surface area contributed by atoms with Gasteiger partial charge in [-0.25, -0.2) is 4.99 Å². The number of ketones is 1. The zero-order valence-corrected chi connectivity index (χ0v) is 12.6. The minimum atomic E-state index is 0.00171. The van der Waals surface area contributed by atoms with Crippen LogP contribution in [0.1, 0.15) is 13.8 Å². The van der Waals surface area contributed by atoms with E-state index in [2.05, 4.69) is 4.99 Å². The number of rotatable bonds is 2. The van der Waals surface area contributed by atoms with Crippen molar-refractivity contribution in [1.82, 2.24) is 0 Å². The molecule has 0 unspecified atom stereocenters. The molecule has 0 amide bonds. The summed E-state index contributed by atoms with van der Waals surface area (Å²) in [5.41, 5.74) is 6.76. The lowest BCUT2D eigenvalue weighted by Gasteiger charge is -2.16. The van der Waals surface area contributed by atoms with Gasteiger partial charge in [-0.2, -0.15) is 0 Å². The van der Waals surface area contributed by atoms with Crippen molar-refractivity contribution in [2.45, 2.75) is 13.8 Å². The van der Waals surface area contributed by atoms with Crippen molar-refractivity contribution in [3.8, 4) is 5.75 Å². The Morgan fingerprint density at radius 1 is 1.30 bits per heavy atom. The molecular formula is C14H14Cl2N2O2. The van der Waals surface area contributed by atoms with Crippen molar-refractivity contribution >= 4 is 40.6 Å². The molecule has 1 aromatic carbocycles. The van der Waals surface area contributed by atoms with Crippen molar-refractivity contribution in [2.75, 3.05) is 12.3 Å². The van der Waals surface area contributed by atoms with E-state index in [9.17, 15) is 4.79 Å². The second-order valence-electron chi connectivity index (χ2n) is 4.75. The van der Waals surface area contributed by atoms with Crippen LogP contribution in [-0.2, 0) is 4.79 Å². The molecule has 2 N–H and O–H groups in total. The third-order valence-electron chi connectivity index (χ3n) is 2.83. The first-order valence-electron chi connectivity index (χ1n) is 6.10. The fourth-order valence-electron chi connectivity index (χ4n) is 1.83. The van der Waals surface area contributed by atoms with E-state index in [0.29, 0.717) is 27.2 Å². The van der Waals surface area contributed by atoms with Gasteiger partial charge in [0.05, 0.1) is 10.0 Å². The molecule has 4 nitrogen and oxygen atoms in total. The SMILES string of the molecule is CC(C)C1=CC(Oc2c(Cl)cc(N)cc2Cl)=NCC1=O. The van der Waals surface area contributed by atoms with Crippen LogP contribution in [0.3, 0.4) is 0 Å². The Hall–Kier alpha value is -1.52. The first kappa shape index (κ1) is 14.9. The Morgan fingerprint density at radius 2 is 1.90 bits per heavy atom. The van der Waals surface area contributed by atoms with Crippen LogP contribution in [0.25, 0.3) is 0 Å². The van der Waals surface area contributed by atoms with Crippen LogP contribution in [0.15, 0.2) is 28.8 Å². The number of ether oxygens (including phenoxy) is 1. The van der Waals surface area contributed by atoms with Gasteiger partial charge in [-0.05, 0) is 18.1 Å². The number of hydrogen-bond donors (Lipinski definition) is 1. The molecule has 0 saturated heterocycles. The van der Waals surface area contributed by atoms with Crippen molar-refractivity contribution < 1.29 is 9.53 Å². The molecule has 20 heavy (non-hydrogen) atoms. The van der Waals surface area contributed by atoms with Crippen LogP contribution in [0, 0.1) is 5.92 Å². The largest absolute Gasteiger partial charge is 0.436 e. The lowest BCUT2D eigenvalue weighted by Crippen LogP contribution is -2.22. The Balaban J connectivity index is 2.30. The number of nitrogens with two attached hydrogens (primary N) is 1. The van der Waals surface area contributed by atoms with Gasteiger partial charge in [0.25, 0.3) is 0 Å². The van der Waals surface area contributed by atoms with Crippen LogP contribution in [-0.4, -0.2) is 18.2 Å². The molecule has 0 saturated carbocycles. The van der Waals surface area contributed by atoms with Crippen LogP contribution >= 0.6 is 23.2 Å². The Labute approximate surface area is 127 Å². The van der Waals surface area contributed by atoms with Gasteiger partial charge < -0.3 is 10.5 Å². The maximum absolute atomic E-state index is 11.7. The standard InChI is InChI=1S/C14H14Cl2N2O2/c1-7(2)9-5-13(18-6-12(9)19)20-14-10(15)3-8(17)4-11(14)16/h3-5,7H,6,17H2,1-2H3. The third kappa shape index (κ3) is 3.14. The molecule has 0 bridgehead atoms. The second kappa shape index (κ2) is 5.85. The van der Waals surface area contributed by atoms with Gasteiger partial charge in [-0.1, -0.05) is 37.0 Å². The van der Waals surface area contributed by atoms with E-state index >= 15 is 0 Å². The van der Waals surface area contributed by atoms with E-state index in [4.69, 9.17) is 33.7 Å². The highest BCUT2D eigenvalue weighted by atomic mass is 35.5. The van der Waals surface area contributed by atoms with E-state index in [-0.39, 0.29) is 24.0 Å². The van der Waals surface area contributed by atoms with E-state index in [1.54, 1.807) is 18.2 Å². The summed E-state index contributed by atoms with van der Waals surface area (Å²) in [6, 6.07) is 3.09. The summed E-state index contributed by atoms with van der Waals surface area (Å²) in [5, 5.41) is 0.600. The number of nitrogens with zero attached hydrogens (tertiary/aromatic N) is 1. The fraction of sp³-hybridized carbons (Fsp3) is 0.286. The molecular weight excluding hydrogens is 299 g/mol. The summed E-state index contributed by atoms with van der Waals surface area (Å²) in [7, 11) is 0. The van der Waals surface area contributed by atoms with Crippen molar-refractivity contribution in [2.24, 2.45) is 10.9 Å². The monoisotopic (exact) mass is 312 g/mol. The number of halogens is 2. The Morgan fingerprint density at radius 3 is 2.45 bits per heavy atom. The molecule has 0 aromatic heterocycles. The smallest absolute Gasteiger partial charge is 0.215 e. The summed E-state index contributed by atoms with van der Waals surface area (Å²) >= 11 is 12.1. The highest BCUT2D eigenvalue weighted by Gasteiger charge is 2.20. The summed E-state index contributed by atoms with van der Waals surface area (Å²) in [4.78, 5) is 15.8. The van der Waals surface area contributed by atoms with Gasteiger partial charge in [0.2, 0.25) is 5.90 Å². The van der Waals surface area contributed by atoms with Crippen LogP contribution in [0.2, 0.25) is 10.0 Å². The summed E-state index contributed by atoms with van der Waals surface area (Å²) in [6.45, 7) is 3.95. The summed E-state index contributed by atoms with van der Waals surface area (Å²) < 4.78 is 5.60. The molecule has 6 heteroatoms. The van der Waals surface area contributed by atoms with Gasteiger partial charge in [-0.15, -0.1) is 0 Å². The zero-order chi connectivity index (χ0) is 14.9. The van der Waals surface area contributed by atoms with Crippen LogP contribution in [0.4, 0.5) is 5.69 Å². The maximum Gasteiger partial charge on any atom is 0.215 e. The van der Waals surface area contributed by atoms with Crippen LogP contribution < -0.4 is 10.5 Å². The highest BCUT2D eigenvalue weighted by molar-refractivity contribution is 6.37. The molecule has 106 valence electrons. The predicted molar refractivity (Wildman–Crippen MR) is 81.7 cm³/mol. The molecule has 1 aliphatic heterocycles. The number of hydrogen-bond acceptors (Lipinski definition) is 4. The van der Waals surface area contributed by atoms with Gasteiger partial charge in [0, 0.05) is 17.3 Å². The lowest BCUT2D eigenvalue weighted by molar-refractivity contribution is -0.114. The first-order chi connectivity index (χ1) is 9.38. The first-order valence-corrected chi connectivity index (χ1v) is 6.85. The van der Waals surface area contributed by atoms with Crippen molar-refractivity contribution in [3.05, 3.63) is 33.8 Å². The van der Waals surface area contributed by atoms with Gasteiger partial charge in [0.1, 0.15) is 6.54 Å². The van der Waals surface area contributed by atoms with E-state index < -0.39 is 0 Å². The predicted octanol–water partition coefficient (Wildman–Crippen LogP) is 3.52. The number of Topliss-reactive ketones (excluding diaryl/α,β-unsaturated/α-hetero) is 1. The minimum absolute atomic E-state index is 0.00171. The summed E-state index contributed by atoms with van der Waals surface area (Å²) in [5.74, 6) is 0.715. The Bertz CT molecular complexity index is 599. The number of anilines is 1. The molecule has 2 rings (SSSR count). The second-order valence-corrected chi connectivity index (χ2v) is 5.56. The zero-order valence-electron chi connectivity index (χ0n) is 11.1. The summed E-state index contributed by atoms with van der Waals surface area (Å²) in [6.07, 6.45) is 1.62. The van der Waals surface area contributed by atoms with Crippen LogP contribution in [0.5, 0.6) is 5.75 Å². The molecule has 0 radical (unpaired) electrons. The normalized spacial score (nSPS) is 15.2. The molecule has 1 heterocycles. The quantitative estimate of drug-likeness (QED) is 0.850. The average molecular weight is 313 g/mol. The molecule has 0 spiro atoms. The van der Waals surface area contributed by atoms with Crippen molar-refractivity contribution in [3.63, 3.8) is 0 Å².